The highest BCUT2D eigenvalue weighted by molar-refractivity contribution is 5.75. The summed E-state index contributed by atoms with van der Waals surface area (Å²) < 4.78 is 0. The zero-order valence-corrected chi connectivity index (χ0v) is 7.82. The van der Waals surface area contributed by atoms with Gasteiger partial charge >= 0.3 is 5.97 Å². The second-order valence-electron chi connectivity index (χ2n) is 3.46. The Morgan fingerprint density at radius 3 is 2.69 bits per heavy atom. The van der Waals surface area contributed by atoms with Crippen molar-refractivity contribution in [2.45, 2.75) is 38.6 Å². The highest BCUT2D eigenvalue weighted by atomic mass is 16.4. The fourth-order valence-electron chi connectivity index (χ4n) is 1.83. The van der Waals surface area contributed by atoms with Gasteiger partial charge in [-0.05, 0) is 19.3 Å². The first-order chi connectivity index (χ1) is 6.11. The van der Waals surface area contributed by atoms with E-state index in [1.165, 1.54) is 6.92 Å². The van der Waals surface area contributed by atoms with Crippen LogP contribution in [0.25, 0.3) is 0 Å². The molecular formula is C9H15NO3. The van der Waals surface area contributed by atoms with Crippen LogP contribution in [-0.2, 0) is 9.59 Å². The molecule has 1 atom stereocenters. The summed E-state index contributed by atoms with van der Waals surface area (Å²) in [6.45, 7) is 2.22. The Labute approximate surface area is 77.5 Å². The lowest BCUT2D eigenvalue weighted by molar-refractivity contribution is -0.141. The molecule has 1 saturated heterocycles. The number of hydrogen-bond donors (Lipinski definition) is 1. The largest absolute Gasteiger partial charge is 0.481 e. The van der Waals surface area contributed by atoms with Gasteiger partial charge in [-0.2, -0.15) is 0 Å². The number of nitrogens with zero attached hydrogens (tertiary/aromatic N) is 1. The molecule has 0 bridgehead atoms. The Bertz CT molecular complexity index is 215. The molecule has 0 radical (unpaired) electrons. The zero-order valence-electron chi connectivity index (χ0n) is 7.82. The van der Waals surface area contributed by atoms with E-state index in [1.54, 1.807) is 4.90 Å². The van der Waals surface area contributed by atoms with Crippen molar-refractivity contribution in [3.05, 3.63) is 0 Å². The van der Waals surface area contributed by atoms with E-state index in [2.05, 4.69) is 0 Å². The summed E-state index contributed by atoms with van der Waals surface area (Å²) in [5.74, 6) is -0.830. The van der Waals surface area contributed by atoms with Crippen molar-refractivity contribution in [3.8, 4) is 0 Å². The van der Waals surface area contributed by atoms with Crippen LogP contribution in [0.1, 0.15) is 32.6 Å². The lowest BCUT2D eigenvalue weighted by Gasteiger charge is -2.34. The van der Waals surface area contributed by atoms with E-state index in [0.717, 1.165) is 19.3 Å². The summed E-state index contributed by atoms with van der Waals surface area (Å²) in [7, 11) is 0. The molecule has 0 spiro atoms. The Morgan fingerprint density at radius 1 is 1.46 bits per heavy atom. The minimum atomic E-state index is -0.821. The summed E-state index contributed by atoms with van der Waals surface area (Å²) in [5, 5.41) is 8.63. The first-order valence-corrected chi connectivity index (χ1v) is 4.60. The quantitative estimate of drug-likeness (QED) is 0.694. The van der Waals surface area contributed by atoms with Gasteiger partial charge in [-0.1, -0.05) is 0 Å². The lowest BCUT2D eigenvalue weighted by atomic mass is 9.99. The minimum absolute atomic E-state index is 0.00838. The zero-order chi connectivity index (χ0) is 9.84. The lowest BCUT2D eigenvalue weighted by Crippen LogP contribution is -2.43. The normalized spacial score (nSPS) is 22.8. The average Bonchev–Trinajstić information content (AvgIpc) is 2.03. The average molecular weight is 185 g/mol. The van der Waals surface area contributed by atoms with Crippen molar-refractivity contribution in [3.63, 3.8) is 0 Å². The second-order valence-corrected chi connectivity index (χ2v) is 3.46. The number of amides is 1. The number of hydrogen-bond acceptors (Lipinski definition) is 2. The highest BCUT2D eigenvalue weighted by Crippen LogP contribution is 2.19. The van der Waals surface area contributed by atoms with Gasteiger partial charge in [0.2, 0.25) is 5.91 Å². The SMILES string of the molecule is CC(=O)N1CCCC[C@@H]1CC(=O)O. The van der Waals surface area contributed by atoms with Gasteiger partial charge in [0, 0.05) is 19.5 Å². The molecule has 1 rings (SSSR count). The van der Waals surface area contributed by atoms with Crippen LogP contribution in [0.2, 0.25) is 0 Å². The number of likely N-dealkylation sites (tertiary alicyclic amines) is 1. The number of rotatable bonds is 2. The summed E-state index contributed by atoms with van der Waals surface area (Å²) in [6.07, 6.45) is 2.93. The van der Waals surface area contributed by atoms with Crippen molar-refractivity contribution in [2.24, 2.45) is 0 Å². The van der Waals surface area contributed by atoms with Gasteiger partial charge in [-0.25, -0.2) is 0 Å². The summed E-state index contributed by atoms with van der Waals surface area (Å²) in [4.78, 5) is 23.3. The monoisotopic (exact) mass is 185 g/mol. The first kappa shape index (κ1) is 10.0. The molecule has 0 aliphatic carbocycles. The molecule has 0 aromatic rings. The predicted octanol–water partition coefficient (Wildman–Crippen LogP) is 0.862. The van der Waals surface area contributed by atoms with E-state index in [9.17, 15) is 9.59 Å². The molecule has 1 aliphatic rings. The molecule has 1 fully saturated rings. The van der Waals surface area contributed by atoms with Gasteiger partial charge in [-0.3, -0.25) is 9.59 Å². The van der Waals surface area contributed by atoms with Crippen LogP contribution >= 0.6 is 0 Å². The van der Waals surface area contributed by atoms with Gasteiger partial charge in [0.05, 0.1) is 6.42 Å². The van der Waals surface area contributed by atoms with Crippen molar-refractivity contribution in [1.29, 1.82) is 0 Å². The molecule has 0 saturated carbocycles. The van der Waals surface area contributed by atoms with E-state index in [0.29, 0.717) is 6.54 Å². The molecule has 0 aromatic carbocycles. The summed E-state index contributed by atoms with van der Waals surface area (Å²) >= 11 is 0. The van der Waals surface area contributed by atoms with Crippen LogP contribution in [0, 0.1) is 0 Å². The Kier molecular flexibility index (Phi) is 3.28. The summed E-state index contributed by atoms with van der Waals surface area (Å²) in [5.41, 5.74) is 0. The summed E-state index contributed by atoms with van der Waals surface area (Å²) in [6, 6.07) is -0.0799. The molecule has 1 aliphatic heterocycles. The Hall–Kier alpha value is -1.06. The smallest absolute Gasteiger partial charge is 0.305 e. The van der Waals surface area contributed by atoms with Gasteiger partial charge < -0.3 is 10.0 Å². The first-order valence-electron chi connectivity index (χ1n) is 4.60. The molecule has 1 N–H and O–H groups in total. The third-order valence-electron chi connectivity index (χ3n) is 2.44. The Balaban J connectivity index is 2.56. The van der Waals surface area contributed by atoms with Crippen molar-refractivity contribution >= 4 is 11.9 Å². The van der Waals surface area contributed by atoms with Crippen LogP contribution in [0.4, 0.5) is 0 Å². The maximum atomic E-state index is 11.1. The topological polar surface area (TPSA) is 57.6 Å². The molecular weight excluding hydrogens is 170 g/mol. The molecule has 74 valence electrons. The fraction of sp³-hybridized carbons (Fsp3) is 0.778. The maximum absolute atomic E-state index is 11.1. The van der Waals surface area contributed by atoms with Gasteiger partial charge in [0.1, 0.15) is 0 Å². The second kappa shape index (κ2) is 4.25. The van der Waals surface area contributed by atoms with Crippen LogP contribution < -0.4 is 0 Å². The van der Waals surface area contributed by atoms with Crippen LogP contribution in [-0.4, -0.2) is 34.5 Å². The molecule has 0 aromatic heterocycles. The van der Waals surface area contributed by atoms with E-state index >= 15 is 0 Å². The highest BCUT2D eigenvalue weighted by Gasteiger charge is 2.25. The van der Waals surface area contributed by atoms with Crippen molar-refractivity contribution in [1.82, 2.24) is 4.90 Å². The molecule has 13 heavy (non-hydrogen) atoms. The number of carbonyl (C=O) groups excluding carboxylic acids is 1. The number of piperidine rings is 1. The molecule has 1 heterocycles. The molecule has 1 amide bonds. The number of carboxylic acid groups (broad SMARTS) is 1. The van der Waals surface area contributed by atoms with E-state index in [1.807, 2.05) is 0 Å². The Morgan fingerprint density at radius 2 is 2.15 bits per heavy atom. The molecule has 4 heteroatoms. The van der Waals surface area contributed by atoms with Crippen LogP contribution in [0.3, 0.4) is 0 Å². The fourth-order valence-corrected chi connectivity index (χ4v) is 1.83. The van der Waals surface area contributed by atoms with Gasteiger partial charge in [0.25, 0.3) is 0 Å². The standard InChI is InChI=1S/C9H15NO3/c1-7(11)10-5-3-2-4-8(10)6-9(12)13/h8H,2-6H2,1H3,(H,12,13)/t8-/m1/s1. The maximum Gasteiger partial charge on any atom is 0.305 e. The van der Waals surface area contributed by atoms with Crippen molar-refractivity contribution < 1.29 is 14.7 Å². The number of carboxylic acids is 1. The van der Waals surface area contributed by atoms with Crippen molar-refractivity contribution in [2.75, 3.05) is 6.54 Å². The van der Waals surface area contributed by atoms with Crippen LogP contribution in [0.15, 0.2) is 0 Å². The van der Waals surface area contributed by atoms with E-state index in [-0.39, 0.29) is 18.4 Å². The number of aliphatic carboxylic acids is 1. The van der Waals surface area contributed by atoms with E-state index in [4.69, 9.17) is 5.11 Å². The van der Waals surface area contributed by atoms with E-state index < -0.39 is 5.97 Å². The number of carbonyl (C=O) groups is 2. The minimum Gasteiger partial charge on any atom is -0.481 e. The molecule has 4 nitrogen and oxygen atoms in total. The van der Waals surface area contributed by atoms with Crippen LogP contribution in [0.5, 0.6) is 0 Å². The van der Waals surface area contributed by atoms with Gasteiger partial charge in [0.15, 0.2) is 0 Å². The third-order valence-corrected chi connectivity index (χ3v) is 2.44. The predicted molar refractivity (Wildman–Crippen MR) is 47.3 cm³/mol. The molecule has 0 unspecified atom stereocenters. The third kappa shape index (κ3) is 2.72. The van der Waals surface area contributed by atoms with Gasteiger partial charge in [-0.15, -0.1) is 0 Å².